The van der Waals surface area contributed by atoms with Crippen LogP contribution >= 0.6 is 27.7 Å². The molecule has 0 aliphatic carbocycles. The van der Waals surface area contributed by atoms with Gasteiger partial charge in [0, 0.05) is 29.7 Å². The summed E-state index contributed by atoms with van der Waals surface area (Å²) in [5.74, 6) is -0.502. The minimum atomic E-state index is -0.991. The van der Waals surface area contributed by atoms with Gasteiger partial charge in [-0.1, -0.05) is 11.8 Å². The van der Waals surface area contributed by atoms with E-state index in [1.54, 1.807) is 79.8 Å². The molecule has 1 aliphatic heterocycles. The third-order valence-corrected chi connectivity index (χ3v) is 8.32. The minimum Gasteiger partial charge on any atom is -0.486 e. The molecule has 2 unspecified atom stereocenters. The summed E-state index contributed by atoms with van der Waals surface area (Å²) in [7, 11) is 0. The SMILES string of the molecule is Cc1c(OC(C)c2cnc(N(C(=O)OC(C)(C)C)C(=O)OC(C)(C)C)nc2)cc(CC2Sc3ncccc3C2=O)c(Br)c1F. The van der Waals surface area contributed by atoms with Crippen molar-refractivity contribution in [3.63, 3.8) is 0 Å². The fourth-order valence-corrected chi connectivity index (χ4v) is 5.91. The first-order valence-corrected chi connectivity index (χ1v) is 15.5. The van der Waals surface area contributed by atoms with Gasteiger partial charge in [0.25, 0.3) is 0 Å². The molecule has 3 aromatic rings. The summed E-state index contributed by atoms with van der Waals surface area (Å²) in [5.41, 5.74) is 0.139. The maximum Gasteiger partial charge on any atom is 0.427 e. The summed E-state index contributed by atoms with van der Waals surface area (Å²) in [5, 5.41) is 0.221. The molecule has 2 aromatic heterocycles. The number of ketones is 1. The third-order valence-electron chi connectivity index (χ3n) is 6.25. The van der Waals surface area contributed by atoms with E-state index >= 15 is 4.39 Å². The second-order valence-electron chi connectivity index (χ2n) is 12.2. The molecular weight excluding hydrogens is 655 g/mol. The number of nitrogens with zero attached hydrogens (tertiary/aromatic N) is 4. The molecule has 0 saturated heterocycles. The van der Waals surface area contributed by atoms with Crippen LogP contribution in [0, 0.1) is 12.7 Å². The van der Waals surface area contributed by atoms with Crippen molar-refractivity contribution >= 4 is 51.6 Å². The second-order valence-corrected chi connectivity index (χ2v) is 14.2. The number of hydrogen-bond acceptors (Lipinski definition) is 10. The van der Waals surface area contributed by atoms with Crippen LogP contribution in [-0.2, 0) is 15.9 Å². The van der Waals surface area contributed by atoms with E-state index in [0.29, 0.717) is 26.6 Å². The molecule has 1 aromatic carbocycles. The summed E-state index contributed by atoms with van der Waals surface area (Å²) in [6, 6.07) is 5.18. The van der Waals surface area contributed by atoms with Crippen molar-refractivity contribution in [2.75, 3.05) is 4.90 Å². The average Bonchev–Trinajstić information content (AvgIpc) is 3.23. The molecule has 13 heteroatoms. The van der Waals surface area contributed by atoms with Crippen LogP contribution in [0.1, 0.15) is 81.6 Å². The number of halogens is 2. The van der Waals surface area contributed by atoms with E-state index in [2.05, 4.69) is 30.9 Å². The van der Waals surface area contributed by atoms with Crippen LogP contribution in [0.5, 0.6) is 5.75 Å². The van der Waals surface area contributed by atoms with E-state index in [1.807, 2.05) is 0 Å². The van der Waals surface area contributed by atoms with Crippen LogP contribution in [0.25, 0.3) is 0 Å². The maximum atomic E-state index is 15.3. The topological polar surface area (TPSA) is 121 Å². The van der Waals surface area contributed by atoms with Gasteiger partial charge in [-0.15, -0.1) is 4.90 Å². The van der Waals surface area contributed by atoms with E-state index < -0.39 is 40.6 Å². The molecule has 1 aliphatic rings. The molecule has 0 saturated carbocycles. The summed E-state index contributed by atoms with van der Waals surface area (Å²) in [6.45, 7) is 13.3. The number of ether oxygens (including phenoxy) is 3. The van der Waals surface area contributed by atoms with Gasteiger partial charge in [0.05, 0.1) is 15.3 Å². The normalized spacial score (nSPS) is 15.4. The van der Waals surface area contributed by atoms with E-state index in [9.17, 15) is 14.4 Å². The highest BCUT2D eigenvalue weighted by Gasteiger charge is 2.35. The third kappa shape index (κ3) is 7.73. The van der Waals surface area contributed by atoms with Gasteiger partial charge in [0.2, 0.25) is 5.95 Å². The highest BCUT2D eigenvalue weighted by molar-refractivity contribution is 9.10. The molecular formula is C31H34BrFN4O6S. The largest absolute Gasteiger partial charge is 0.486 e. The smallest absolute Gasteiger partial charge is 0.427 e. The summed E-state index contributed by atoms with van der Waals surface area (Å²) in [6.07, 6.45) is 2.08. The first kappa shape index (κ1) is 33.3. The van der Waals surface area contributed by atoms with Gasteiger partial charge >= 0.3 is 12.2 Å². The number of pyridine rings is 1. The first-order valence-electron chi connectivity index (χ1n) is 13.8. The molecule has 10 nitrogen and oxygen atoms in total. The Bertz CT molecular complexity index is 1560. The standard InChI is InChI=1S/C31H34BrFN4O6S/c1-16-21(12-18(23(32)24(16)33)13-22-25(38)20-10-9-11-34-26(20)44-22)41-17(2)19-14-35-27(36-15-19)37(28(39)42-30(3,4)5)29(40)43-31(6,7)8/h9-12,14-15,17,22H,13H2,1-8H3. The highest BCUT2D eigenvalue weighted by atomic mass is 79.9. The number of Topliss-reactive ketones (excluding diaryl/α,β-unsaturated/α-hetero) is 1. The van der Waals surface area contributed by atoms with E-state index in [0.717, 1.165) is 0 Å². The number of hydrogen-bond donors (Lipinski definition) is 0. The number of anilines is 1. The molecule has 4 rings (SSSR count). The predicted molar refractivity (Wildman–Crippen MR) is 167 cm³/mol. The quantitative estimate of drug-likeness (QED) is 0.254. The Morgan fingerprint density at radius 2 is 1.66 bits per heavy atom. The molecule has 3 heterocycles. The van der Waals surface area contributed by atoms with Gasteiger partial charge in [0.1, 0.15) is 33.9 Å². The van der Waals surface area contributed by atoms with Crippen LogP contribution in [0.15, 0.2) is 46.3 Å². The molecule has 0 N–H and O–H groups in total. The average molecular weight is 690 g/mol. The molecule has 2 atom stereocenters. The van der Waals surface area contributed by atoms with E-state index in [4.69, 9.17) is 14.2 Å². The molecule has 0 bridgehead atoms. The lowest BCUT2D eigenvalue weighted by atomic mass is 10.0. The first-order chi connectivity index (χ1) is 20.4. The summed E-state index contributed by atoms with van der Waals surface area (Å²) in [4.78, 5) is 52.1. The van der Waals surface area contributed by atoms with Gasteiger partial charge in [-0.25, -0.2) is 28.9 Å². The van der Waals surface area contributed by atoms with E-state index in [-0.39, 0.29) is 33.9 Å². The molecule has 0 spiro atoms. The molecule has 0 fully saturated rings. The van der Waals surface area contributed by atoms with Crippen LogP contribution in [0.4, 0.5) is 19.9 Å². The van der Waals surface area contributed by atoms with E-state index in [1.165, 1.54) is 24.2 Å². The van der Waals surface area contributed by atoms with Crippen LogP contribution in [0.2, 0.25) is 0 Å². The Labute approximate surface area is 268 Å². The number of thioether (sulfide) groups is 1. The van der Waals surface area contributed by atoms with Crippen LogP contribution in [0.3, 0.4) is 0 Å². The summed E-state index contributed by atoms with van der Waals surface area (Å²) >= 11 is 4.71. The Balaban J connectivity index is 1.55. The molecule has 234 valence electrons. The van der Waals surface area contributed by atoms with Crippen LogP contribution in [-0.4, -0.2) is 49.4 Å². The Morgan fingerprint density at radius 1 is 1.07 bits per heavy atom. The lowest BCUT2D eigenvalue weighted by molar-refractivity contribution is 0.0427. The van der Waals surface area contributed by atoms with Crippen molar-refractivity contribution in [3.05, 3.63) is 69.3 Å². The fraction of sp³-hybridized carbons (Fsp3) is 0.419. The maximum absolute atomic E-state index is 15.3. The van der Waals surface area contributed by atoms with Gasteiger partial charge in [-0.3, -0.25) is 4.79 Å². The second kappa shape index (κ2) is 12.8. The minimum absolute atomic E-state index is 0.0501. The molecule has 0 radical (unpaired) electrons. The Kier molecular flexibility index (Phi) is 9.69. The number of amides is 2. The fourth-order valence-electron chi connectivity index (χ4n) is 4.15. The number of aromatic nitrogens is 3. The van der Waals surface area contributed by atoms with Crippen molar-refractivity contribution in [2.45, 2.75) is 89.4 Å². The predicted octanol–water partition coefficient (Wildman–Crippen LogP) is 7.80. The monoisotopic (exact) mass is 688 g/mol. The van der Waals surface area contributed by atoms with Crippen molar-refractivity contribution in [2.24, 2.45) is 0 Å². The molecule has 44 heavy (non-hydrogen) atoms. The zero-order chi connectivity index (χ0) is 32.6. The Hall–Kier alpha value is -3.58. The lowest BCUT2D eigenvalue weighted by Gasteiger charge is -2.27. The number of carbonyl (C=O) groups is 3. The Morgan fingerprint density at radius 3 is 2.20 bits per heavy atom. The number of fused-ring (bicyclic) bond motifs is 1. The zero-order valence-electron chi connectivity index (χ0n) is 25.7. The van der Waals surface area contributed by atoms with Crippen molar-refractivity contribution in [3.8, 4) is 5.75 Å². The van der Waals surface area contributed by atoms with Crippen molar-refractivity contribution < 1.29 is 33.0 Å². The summed E-state index contributed by atoms with van der Waals surface area (Å²) < 4.78 is 32.5. The molecule has 2 amide bonds. The van der Waals surface area contributed by atoms with Crippen molar-refractivity contribution in [1.29, 1.82) is 0 Å². The number of carbonyl (C=O) groups excluding carboxylic acids is 3. The zero-order valence-corrected chi connectivity index (χ0v) is 28.1. The van der Waals surface area contributed by atoms with Gasteiger partial charge in [0.15, 0.2) is 5.78 Å². The van der Waals surface area contributed by atoms with Gasteiger partial charge < -0.3 is 14.2 Å². The van der Waals surface area contributed by atoms with Gasteiger partial charge in [-0.05, 0) is 102 Å². The highest BCUT2D eigenvalue weighted by Crippen LogP contribution is 2.40. The number of rotatable bonds is 6. The van der Waals surface area contributed by atoms with Gasteiger partial charge in [-0.2, -0.15) is 0 Å². The number of benzene rings is 1. The number of imide groups is 1. The van der Waals surface area contributed by atoms with Crippen LogP contribution < -0.4 is 9.64 Å². The van der Waals surface area contributed by atoms with Crippen molar-refractivity contribution in [1.82, 2.24) is 15.0 Å². The lowest BCUT2D eigenvalue weighted by Crippen LogP contribution is -2.44.